The molecule has 0 spiro atoms. The molecule has 1 aromatic carbocycles. The van der Waals surface area contributed by atoms with Gasteiger partial charge in [0.1, 0.15) is 0 Å². The summed E-state index contributed by atoms with van der Waals surface area (Å²) in [5.74, 6) is 0. The predicted molar refractivity (Wildman–Crippen MR) is 69.2 cm³/mol. The molecule has 0 saturated carbocycles. The van der Waals surface area contributed by atoms with Crippen LogP contribution in [0.1, 0.15) is 38.3 Å². The van der Waals surface area contributed by atoms with Gasteiger partial charge in [0, 0.05) is 12.7 Å². The Kier molecular flexibility index (Phi) is 7.74. The average molecular weight is 208 g/mol. The number of hydrazine groups is 1. The molecule has 0 heterocycles. The highest BCUT2D eigenvalue weighted by Gasteiger charge is 1.96. The molecule has 86 valence electrons. The molecular formula is C13H24N2. The summed E-state index contributed by atoms with van der Waals surface area (Å²) in [5.41, 5.74) is 9.88. The summed E-state index contributed by atoms with van der Waals surface area (Å²) in [6.07, 6.45) is 2.35. The molecule has 0 bridgehead atoms. The summed E-state index contributed by atoms with van der Waals surface area (Å²) in [6.45, 7) is 8.33. The zero-order valence-electron chi connectivity index (χ0n) is 10.6. The van der Waals surface area contributed by atoms with Crippen molar-refractivity contribution in [3.63, 3.8) is 0 Å². The molecule has 0 radical (unpaired) electrons. The zero-order chi connectivity index (χ0) is 11.7. The van der Waals surface area contributed by atoms with Crippen molar-refractivity contribution < 1.29 is 0 Å². The minimum Gasteiger partial charge on any atom is -0.322 e. The van der Waals surface area contributed by atoms with E-state index in [2.05, 4.69) is 42.9 Å². The molecule has 0 aliphatic carbocycles. The van der Waals surface area contributed by atoms with Crippen molar-refractivity contribution in [1.29, 1.82) is 0 Å². The summed E-state index contributed by atoms with van der Waals surface area (Å²) < 4.78 is 0. The SMILES string of the molecule is CC.CCCc1cc(C)cc(NNC)c1. The summed E-state index contributed by atoms with van der Waals surface area (Å²) in [5, 5.41) is 0. The molecule has 0 atom stereocenters. The van der Waals surface area contributed by atoms with E-state index in [1.807, 2.05) is 20.9 Å². The van der Waals surface area contributed by atoms with Gasteiger partial charge in [-0.05, 0) is 36.6 Å². The van der Waals surface area contributed by atoms with Gasteiger partial charge in [-0.2, -0.15) is 0 Å². The lowest BCUT2D eigenvalue weighted by molar-refractivity contribution is 0.916. The van der Waals surface area contributed by atoms with Crippen molar-refractivity contribution >= 4 is 5.69 Å². The first-order chi connectivity index (χ1) is 7.26. The third-order valence-corrected chi connectivity index (χ3v) is 1.95. The third-order valence-electron chi connectivity index (χ3n) is 1.95. The minimum atomic E-state index is 1.14. The highest BCUT2D eigenvalue weighted by molar-refractivity contribution is 5.47. The van der Waals surface area contributed by atoms with E-state index < -0.39 is 0 Å². The van der Waals surface area contributed by atoms with E-state index in [1.54, 1.807) is 0 Å². The molecule has 0 fully saturated rings. The van der Waals surface area contributed by atoms with Gasteiger partial charge in [-0.15, -0.1) is 0 Å². The Morgan fingerprint density at radius 3 is 2.33 bits per heavy atom. The summed E-state index contributed by atoms with van der Waals surface area (Å²) in [6, 6.07) is 6.56. The van der Waals surface area contributed by atoms with Gasteiger partial charge < -0.3 is 5.43 Å². The second kappa shape index (κ2) is 8.30. The monoisotopic (exact) mass is 208 g/mol. The molecule has 1 rings (SSSR count). The van der Waals surface area contributed by atoms with Crippen molar-refractivity contribution in [2.24, 2.45) is 0 Å². The van der Waals surface area contributed by atoms with E-state index >= 15 is 0 Å². The number of hydrogen-bond donors (Lipinski definition) is 2. The van der Waals surface area contributed by atoms with Crippen LogP contribution < -0.4 is 10.9 Å². The van der Waals surface area contributed by atoms with E-state index in [1.165, 1.54) is 17.5 Å². The number of aryl methyl sites for hydroxylation is 2. The van der Waals surface area contributed by atoms with Crippen molar-refractivity contribution in [2.45, 2.75) is 40.5 Å². The van der Waals surface area contributed by atoms with Gasteiger partial charge in [0.25, 0.3) is 0 Å². The second-order valence-electron chi connectivity index (χ2n) is 3.33. The summed E-state index contributed by atoms with van der Waals surface area (Å²) >= 11 is 0. The van der Waals surface area contributed by atoms with Gasteiger partial charge >= 0.3 is 0 Å². The minimum absolute atomic E-state index is 1.14. The van der Waals surface area contributed by atoms with Crippen LogP contribution in [0.3, 0.4) is 0 Å². The molecule has 1 aromatic rings. The molecule has 0 aliphatic rings. The van der Waals surface area contributed by atoms with Crippen LogP contribution in [0.2, 0.25) is 0 Å². The maximum Gasteiger partial charge on any atom is 0.0492 e. The zero-order valence-corrected chi connectivity index (χ0v) is 10.6. The highest BCUT2D eigenvalue weighted by atomic mass is 15.3. The number of anilines is 1. The molecule has 0 saturated heterocycles. The largest absolute Gasteiger partial charge is 0.322 e. The van der Waals surface area contributed by atoms with Crippen LogP contribution in [0.5, 0.6) is 0 Å². The van der Waals surface area contributed by atoms with E-state index in [0.29, 0.717) is 0 Å². The predicted octanol–water partition coefficient (Wildman–Crippen LogP) is 3.52. The molecular weight excluding hydrogens is 184 g/mol. The third kappa shape index (κ3) is 5.43. The average Bonchev–Trinajstić information content (AvgIpc) is 2.21. The molecule has 2 nitrogen and oxygen atoms in total. The standard InChI is InChI=1S/C11H18N2.C2H6/c1-4-5-10-6-9(2)7-11(8-10)13-12-3;1-2/h6-8,12-13H,4-5H2,1-3H3;1-2H3. The first kappa shape index (κ1) is 14.0. The van der Waals surface area contributed by atoms with Crippen LogP contribution in [-0.4, -0.2) is 7.05 Å². The molecule has 2 N–H and O–H groups in total. The molecule has 0 aliphatic heterocycles. The number of hydrogen-bond acceptors (Lipinski definition) is 2. The van der Waals surface area contributed by atoms with Gasteiger partial charge in [0.05, 0.1) is 0 Å². The normalized spacial score (nSPS) is 9.13. The Morgan fingerprint density at radius 1 is 1.13 bits per heavy atom. The summed E-state index contributed by atoms with van der Waals surface area (Å²) in [4.78, 5) is 0. The van der Waals surface area contributed by atoms with Crippen molar-refractivity contribution in [1.82, 2.24) is 5.43 Å². The van der Waals surface area contributed by atoms with Crippen molar-refractivity contribution in [3.8, 4) is 0 Å². The number of nitrogens with one attached hydrogen (secondary N) is 2. The van der Waals surface area contributed by atoms with Gasteiger partial charge in [-0.25, -0.2) is 5.43 Å². The van der Waals surface area contributed by atoms with Crippen LogP contribution in [-0.2, 0) is 6.42 Å². The lowest BCUT2D eigenvalue weighted by Crippen LogP contribution is -2.15. The molecule has 2 heteroatoms. The van der Waals surface area contributed by atoms with Crippen LogP contribution in [0, 0.1) is 6.92 Å². The molecule has 0 amide bonds. The van der Waals surface area contributed by atoms with Crippen molar-refractivity contribution in [3.05, 3.63) is 29.3 Å². The maximum atomic E-state index is 3.10. The van der Waals surface area contributed by atoms with E-state index in [0.717, 1.165) is 12.1 Å². The van der Waals surface area contributed by atoms with E-state index in [4.69, 9.17) is 0 Å². The lowest BCUT2D eigenvalue weighted by Gasteiger charge is -2.08. The topological polar surface area (TPSA) is 24.1 Å². The smallest absolute Gasteiger partial charge is 0.0492 e. The Labute approximate surface area is 94.1 Å². The van der Waals surface area contributed by atoms with Crippen LogP contribution in [0.15, 0.2) is 18.2 Å². The van der Waals surface area contributed by atoms with Crippen LogP contribution >= 0.6 is 0 Å². The lowest BCUT2D eigenvalue weighted by atomic mass is 10.1. The molecule has 15 heavy (non-hydrogen) atoms. The maximum absolute atomic E-state index is 3.10. The second-order valence-corrected chi connectivity index (χ2v) is 3.33. The first-order valence-corrected chi connectivity index (χ1v) is 5.79. The van der Waals surface area contributed by atoms with E-state index in [9.17, 15) is 0 Å². The quantitative estimate of drug-likeness (QED) is 0.740. The van der Waals surface area contributed by atoms with Crippen LogP contribution in [0.25, 0.3) is 0 Å². The summed E-state index contributed by atoms with van der Waals surface area (Å²) in [7, 11) is 1.88. The Hall–Kier alpha value is -1.02. The van der Waals surface area contributed by atoms with Gasteiger partial charge in [0.15, 0.2) is 0 Å². The first-order valence-electron chi connectivity index (χ1n) is 5.79. The van der Waals surface area contributed by atoms with Crippen LogP contribution in [0.4, 0.5) is 5.69 Å². The molecule has 0 aromatic heterocycles. The molecule has 0 unspecified atom stereocenters. The highest BCUT2D eigenvalue weighted by Crippen LogP contribution is 2.14. The van der Waals surface area contributed by atoms with Gasteiger partial charge in [-0.1, -0.05) is 33.3 Å². The van der Waals surface area contributed by atoms with Gasteiger partial charge in [-0.3, -0.25) is 0 Å². The fourth-order valence-corrected chi connectivity index (χ4v) is 1.51. The Balaban J connectivity index is 0.000000921. The van der Waals surface area contributed by atoms with Gasteiger partial charge in [0.2, 0.25) is 0 Å². The fraction of sp³-hybridized carbons (Fsp3) is 0.538. The Morgan fingerprint density at radius 2 is 1.80 bits per heavy atom. The Bertz CT molecular complexity index is 245. The number of rotatable bonds is 4. The van der Waals surface area contributed by atoms with Crippen molar-refractivity contribution in [2.75, 3.05) is 12.5 Å². The van der Waals surface area contributed by atoms with E-state index in [-0.39, 0.29) is 0 Å². The number of benzene rings is 1. The fourth-order valence-electron chi connectivity index (χ4n) is 1.51.